The van der Waals surface area contributed by atoms with E-state index in [0.29, 0.717) is 25.0 Å². The zero-order chi connectivity index (χ0) is 12.0. The normalized spacial score (nSPS) is 12.1. The van der Waals surface area contributed by atoms with E-state index in [1.165, 1.54) is 6.33 Å². The molecule has 16 heavy (non-hydrogen) atoms. The minimum absolute atomic E-state index is 0.279. The molecule has 1 atom stereocenters. The Morgan fingerprint density at radius 2 is 2.38 bits per heavy atom. The standard InChI is InChI=1S/C11H16N2O3/c1-3-5-10(11(15)16-4-2)13-6-9(7-14)12-8-13/h6-8,10H,3-5H2,1-2H3. The Labute approximate surface area is 94.4 Å². The van der Waals surface area contributed by atoms with Gasteiger partial charge in [-0.05, 0) is 13.3 Å². The number of rotatable bonds is 6. The van der Waals surface area contributed by atoms with Gasteiger partial charge in [-0.3, -0.25) is 4.79 Å². The molecule has 0 bridgehead atoms. The number of esters is 1. The van der Waals surface area contributed by atoms with Gasteiger partial charge in [-0.1, -0.05) is 13.3 Å². The van der Waals surface area contributed by atoms with Crippen molar-refractivity contribution in [2.24, 2.45) is 0 Å². The van der Waals surface area contributed by atoms with Crippen molar-refractivity contribution in [1.82, 2.24) is 9.55 Å². The van der Waals surface area contributed by atoms with Crippen molar-refractivity contribution in [3.05, 3.63) is 18.2 Å². The van der Waals surface area contributed by atoms with Gasteiger partial charge < -0.3 is 9.30 Å². The molecule has 5 nitrogen and oxygen atoms in total. The Balaban J connectivity index is 2.83. The fourth-order valence-corrected chi connectivity index (χ4v) is 1.48. The monoisotopic (exact) mass is 224 g/mol. The lowest BCUT2D eigenvalue weighted by Gasteiger charge is -2.15. The van der Waals surface area contributed by atoms with Crippen LogP contribution in [0.5, 0.6) is 0 Å². The maximum absolute atomic E-state index is 11.7. The van der Waals surface area contributed by atoms with E-state index in [0.717, 1.165) is 6.42 Å². The van der Waals surface area contributed by atoms with Crippen LogP contribution in [0.4, 0.5) is 0 Å². The van der Waals surface area contributed by atoms with Crippen molar-refractivity contribution >= 4 is 12.3 Å². The molecule has 0 aliphatic heterocycles. The minimum Gasteiger partial charge on any atom is -0.464 e. The first-order chi connectivity index (χ1) is 7.72. The molecule has 0 saturated carbocycles. The third-order valence-electron chi connectivity index (χ3n) is 2.22. The molecule has 0 radical (unpaired) electrons. The largest absolute Gasteiger partial charge is 0.464 e. The molecule has 88 valence electrons. The Hall–Kier alpha value is -1.65. The first-order valence-corrected chi connectivity index (χ1v) is 5.38. The van der Waals surface area contributed by atoms with Gasteiger partial charge in [0.1, 0.15) is 11.7 Å². The molecule has 1 aromatic rings. The number of carbonyl (C=O) groups is 2. The third-order valence-corrected chi connectivity index (χ3v) is 2.22. The smallest absolute Gasteiger partial charge is 0.329 e. The van der Waals surface area contributed by atoms with Crippen LogP contribution in [-0.4, -0.2) is 28.4 Å². The molecular weight excluding hydrogens is 208 g/mol. The summed E-state index contributed by atoms with van der Waals surface area (Å²) in [6.07, 6.45) is 5.24. The van der Waals surface area contributed by atoms with Crippen LogP contribution in [-0.2, 0) is 9.53 Å². The Morgan fingerprint density at radius 3 is 2.88 bits per heavy atom. The van der Waals surface area contributed by atoms with Crippen molar-refractivity contribution in [1.29, 1.82) is 0 Å². The topological polar surface area (TPSA) is 61.2 Å². The second-order valence-corrected chi connectivity index (χ2v) is 3.42. The first kappa shape index (κ1) is 12.4. The fourth-order valence-electron chi connectivity index (χ4n) is 1.48. The van der Waals surface area contributed by atoms with Crippen LogP contribution in [0.1, 0.15) is 43.2 Å². The average Bonchev–Trinajstić information content (AvgIpc) is 2.74. The van der Waals surface area contributed by atoms with E-state index in [1.54, 1.807) is 17.7 Å². The molecule has 0 N–H and O–H groups in total. The number of aldehydes is 1. The maximum Gasteiger partial charge on any atom is 0.329 e. The predicted molar refractivity (Wildman–Crippen MR) is 58.2 cm³/mol. The van der Waals surface area contributed by atoms with Crippen molar-refractivity contribution in [2.75, 3.05) is 6.61 Å². The van der Waals surface area contributed by atoms with Gasteiger partial charge >= 0.3 is 5.97 Å². The summed E-state index contributed by atoms with van der Waals surface area (Å²) in [5.74, 6) is -0.279. The van der Waals surface area contributed by atoms with E-state index < -0.39 is 0 Å². The van der Waals surface area contributed by atoms with Crippen molar-refractivity contribution in [2.45, 2.75) is 32.7 Å². The van der Waals surface area contributed by atoms with Gasteiger partial charge in [0.2, 0.25) is 0 Å². The van der Waals surface area contributed by atoms with Gasteiger partial charge in [0.25, 0.3) is 0 Å². The maximum atomic E-state index is 11.7. The van der Waals surface area contributed by atoms with E-state index in [2.05, 4.69) is 4.98 Å². The summed E-state index contributed by atoms with van der Waals surface area (Å²) in [5.41, 5.74) is 0.324. The number of hydrogen-bond donors (Lipinski definition) is 0. The number of imidazole rings is 1. The molecule has 0 aromatic carbocycles. The van der Waals surface area contributed by atoms with Crippen LogP contribution in [0.15, 0.2) is 12.5 Å². The number of hydrogen-bond acceptors (Lipinski definition) is 4. The van der Waals surface area contributed by atoms with Crippen LogP contribution >= 0.6 is 0 Å². The molecule has 0 fully saturated rings. The Bertz CT molecular complexity index is 360. The minimum atomic E-state index is -0.383. The van der Waals surface area contributed by atoms with E-state index in [9.17, 15) is 9.59 Å². The van der Waals surface area contributed by atoms with Crippen molar-refractivity contribution in [3.63, 3.8) is 0 Å². The van der Waals surface area contributed by atoms with Crippen LogP contribution in [0.3, 0.4) is 0 Å². The highest BCUT2D eigenvalue weighted by Crippen LogP contribution is 2.16. The van der Waals surface area contributed by atoms with Crippen LogP contribution < -0.4 is 0 Å². The lowest BCUT2D eigenvalue weighted by atomic mass is 10.1. The van der Waals surface area contributed by atoms with Gasteiger partial charge in [-0.25, -0.2) is 9.78 Å². The first-order valence-electron chi connectivity index (χ1n) is 5.38. The zero-order valence-corrected chi connectivity index (χ0v) is 9.55. The van der Waals surface area contributed by atoms with Gasteiger partial charge in [0.15, 0.2) is 6.29 Å². The number of carbonyl (C=O) groups excluding carboxylic acids is 2. The predicted octanol–water partition coefficient (Wildman–Crippen LogP) is 1.60. The SMILES string of the molecule is CCCC(C(=O)OCC)n1cnc(C=O)c1. The molecule has 0 aliphatic rings. The van der Waals surface area contributed by atoms with Gasteiger partial charge in [-0.15, -0.1) is 0 Å². The average molecular weight is 224 g/mol. The van der Waals surface area contributed by atoms with Gasteiger partial charge in [-0.2, -0.15) is 0 Å². The van der Waals surface area contributed by atoms with E-state index in [1.807, 2.05) is 6.92 Å². The Kier molecular flexibility index (Phi) is 4.69. The fraction of sp³-hybridized carbons (Fsp3) is 0.545. The van der Waals surface area contributed by atoms with E-state index >= 15 is 0 Å². The number of aromatic nitrogens is 2. The summed E-state index contributed by atoms with van der Waals surface area (Å²) in [7, 11) is 0. The highest BCUT2D eigenvalue weighted by molar-refractivity contribution is 5.75. The molecule has 5 heteroatoms. The molecule has 1 rings (SSSR count). The molecule has 0 saturated heterocycles. The zero-order valence-electron chi connectivity index (χ0n) is 9.55. The Morgan fingerprint density at radius 1 is 1.62 bits per heavy atom. The van der Waals surface area contributed by atoms with Crippen LogP contribution in [0, 0.1) is 0 Å². The van der Waals surface area contributed by atoms with E-state index in [4.69, 9.17) is 4.74 Å². The lowest BCUT2D eigenvalue weighted by Crippen LogP contribution is -2.21. The molecule has 1 heterocycles. The summed E-state index contributed by atoms with van der Waals surface area (Å²) in [6.45, 7) is 4.11. The second-order valence-electron chi connectivity index (χ2n) is 3.42. The molecule has 0 aliphatic carbocycles. The second kappa shape index (κ2) is 6.05. The summed E-state index contributed by atoms with van der Waals surface area (Å²) in [5, 5.41) is 0. The molecule has 1 aromatic heterocycles. The molecule has 0 spiro atoms. The number of nitrogens with zero attached hydrogens (tertiary/aromatic N) is 2. The molecular formula is C11H16N2O3. The highest BCUT2D eigenvalue weighted by Gasteiger charge is 2.20. The third kappa shape index (κ3) is 2.92. The quantitative estimate of drug-likeness (QED) is 0.544. The molecule has 0 amide bonds. The van der Waals surface area contributed by atoms with Gasteiger partial charge in [0.05, 0.1) is 12.9 Å². The summed E-state index contributed by atoms with van der Waals surface area (Å²) in [6, 6.07) is -0.383. The highest BCUT2D eigenvalue weighted by atomic mass is 16.5. The summed E-state index contributed by atoms with van der Waals surface area (Å²) >= 11 is 0. The lowest BCUT2D eigenvalue weighted by molar-refractivity contribution is -0.147. The number of ether oxygens (including phenoxy) is 1. The van der Waals surface area contributed by atoms with Crippen LogP contribution in [0.2, 0.25) is 0 Å². The van der Waals surface area contributed by atoms with Crippen molar-refractivity contribution < 1.29 is 14.3 Å². The summed E-state index contributed by atoms with van der Waals surface area (Å²) < 4.78 is 6.61. The van der Waals surface area contributed by atoms with E-state index in [-0.39, 0.29) is 12.0 Å². The summed E-state index contributed by atoms with van der Waals surface area (Å²) in [4.78, 5) is 26.0. The molecule has 1 unspecified atom stereocenters. The van der Waals surface area contributed by atoms with Crippen LogP contribution in [0.25, 0.3) is 0 Å². The van der Waals surface area contributed by atoms with Crippen molar-refractivity contribution in [3.8, 4) is 0 Å². The van der Waals surface area contributed by atoms with Gasteiger partial charge in [0, 0.05) is 6.20 Å².